The fourth-order valence-electron chi connectivity index (χ4n) is 5.50. The van der Waals surface area contributed by atoms with Gasteiger partial charge in [0.2, 0.25) is 0 Å². The van der Waals surface area contributed by atoms with Gasteiger partial charge < -0.3 is 47.4 Å². The van der Waals surface area contributed by atoms with Gasteiger partial charge in [0.25, 0.3) is 0 Å². The molecule has 0 aliphatic carbocycles. The molecule has 0 N–H and O–H groups in total. The van der Waals surface area contributed by atoms with Crippen molar-refractivity contribution in [2.75, 3.05) is 48.8 Å². The van der Waals surface area contributed by atoms with Crippen LogP contribution in [0.2, 0.25) is 0 Å². The first kappa shape index (κ1) is 43.6. The van der Waals surface area contributed by atoms with Crippen LogP contribution in [-0.4, -0.2) is 96.9 Å². The Labute approximate surface area is 345 Å². The second-order valence-corrected chi connectivity index (χ2v) is 12.6. The van der Waals surface area contributed by atoms with Gasteiger partial charge in [0.15, 0.2) is 18.3 Å². The minimum Gasteiger partial charge on any atom is -0.497 e. The van der Waals surface area contributed by atoms with Crippen molar-refractivity contribution in [1.82, 2.24) is 0 Å². The Kier molecular flexibility index (Phi) is 15.5. The van der Waals surface area contributed by atoms with E-state index in [0.717, 1.165) is 0 Å². The van der Waals surface area contributed by atoms with E-state index in [1.165, 1.54) is 133 Å². The molecular formula is C45H42O15. The van der Waals surface area contributed by atoms with Crippen LogP contribution in [0.1, 0.15) is 51.8 Å². The summed E-state index contributed by atoms with van der Waals surface area (Å²) in [5.74, 6) is -2.24. The zero-order valence-corrected chi connectivity index (χ0v) is 33.3. The molecule has 312 valence electrons. The minimum absolute atomic E-state index is 0.0201. The summed E-state index contributed by atoms with van der Waals surface area (Å²) < 4.78 is 55.3. The predicted octanol–water partition coefficient (Wildman–Crippen LogP) is 6.42. The summed E-state index contributed by atoms with van der Waals surface area (Å²) in [7, 11) is 7.30. The molecule has 5 aromatic rings. The van der Waals surface area contributed by atoms with E-state index in [0.29, 0.717) is 28.7 Å². The molecule has 0 fully saturated rings. The third-order valence-electron chi connectivity index (χ3n) is 8.88. The second-order valence-electron chi connectivity index (χ2n) is 12.6. The van der Waals surface area contributed by atoms with E-state index < -0.39 is 61.4 Å². The molecule has 0 radical (unpaired) electrons. The van der Waals surface area contributed by atoms with E-state index >= 15 is 0 Å². The van der Waals surface area contributed by atoms with E-state index in [2.05, 4.69) is 0 Å². The Morgan fingerprint density at radius 3 is 0.783 bits per heavy atom. The smallest absolute Gasteiger partial charge is 0.338 e. The standard InChI is InChI=1S/C45H42O15/c1-51-33-16-6-28(7-17-33)41(46)56-26-38(58-43(48)30-10-20-35(53-3)21-11-30)40(60-45(50)32-14-24-37(55-5)25-15-32)39(59-44(49)31-12-22-36(54-4)23-13-31)27-57-42(47)29-8-18-34(52-2)19-9-29/h6-25,38-40H,26-27H2,1-5H3. The normalized spacial score (nSPS) is 12.0. The third-order valence-corrected chi connectivity index (χ3v) is 8.88. The molecule has 0 spiro atoms. The van der Waals surface area contributed by atoms with Gasteiger partial charge >= 0.3 is 29.8 Å². The highest BCUT2D eigenvalue weighted by atomic mass is 16.6. The lowest BCUT2D eigenvalue weighted by atomic mass is 10.1. The molecule has 60 heavy (non-hydrogen) atoms. The average molecular weight is 823 g/mol. The second kappa shape index (κ2) is 21.3. The maximum absolute atomic E-state index is 13.9. The number of methoxy groups -OCH3 is 5. The molecule has 0 aliphatic heterocycles. The summed E-state index contributed by atoms with van der Waals surface area (Å²) in [6, 6.07) is 29.7. The van der Waals surface area contributed by atoms with Crippen molar-refractivity contribution in [3.63, 3.8) is 0 Å². The van der Waals surface area contributed by atoms with Gasteiger partial charge in [-0.25, -0.2) is 24.0 Å². The molecule has 0 saturated heterocycles. The van der Waals surface area contributed by atoms with Crippen molar-refractivity contribution in [2.45, 2.75) is 18.3 Å². The Balaban J connectivity index is 1.57. The third kappa shape index (κ3) is 11.8. The van der Waals surface area contributed by atoms with Crippen LogP contribution in [-0.2, 0) is 23.7 Å². The molecule has 5 aromatic carbocycles. The molecule has 15 heteroatoms. The zero-order valence-electron chi connectivity index (χ0n) is 33.3. The SMILES string of the molecule is COc1ccc(C(=O)OCC(OC(=O)c2ccc(OC)cc2)C(OC(=O)c2ccc(OC)cc2)C(COC(=O)c2ccc(OC)cc2)OC(=O)c2ccc(OC)cc2)cc1. The highest BCUT2D eigenvalue weighted by Crippen LogP contribution is 2.24. The number of hydrogen-bond acceptors (Lipinski definition) is 15. The quantitative estimate of drug-likeness (QED) is 0.0658. The molecule has 5 rings (SSSR count). The Hall–Kier alpha value is -7.55. The first-order valence-electron chi connectivity index (χ1n) is 18.2. The number of benzene rings is 5. The maximum atomic E-state index is 13.9. The lowest BCUT2D eigenvalue weighted by molar-refractivity contribution is -0.112. The van der Waals surface area contributed by atoms with Crippen molar-refractivity contribution in [3.05, 3.63) is 149 Å². The Bertz CT molecular complexity index is 2070. The summed E-state index contributed by atoms with van der Waals surface area (Å²) in [6.07, 6.45) is -5.19. The van der Waals surface area contributed by atoms with E-state index in [-0.39, 0.29) is 27.8 Å². The summed E-state index contributed by atoms with van der Waals surface area (Å²) in [5.41, 5.74) is 0.324. The maximum Gasteiger partial charge on any atom is 0.338 e. The van der Waals surface area contributed by atoms with Gasteiger partial charge in [-0.05, 0) is 121 Å². The van der Waals surface area contributed by atoms with Gasteiger partial charge in [0, 0.05) is 0 Å². The lowest BCUT2D eigenvalue weighted by Crippen LogP contribution is -2.50. The van der Waals surface area contributed by atoms with Crippen molar-refractivity contribution in [2.24, 2.45) is 0 Å². The lowest BCUT2D eigenvalue weighted by Gasteiger charge is -2.32. The van der Waals surface area contributed by atoms with Gasteiger partial charge in [0.05, 0.1) is 63.4 Å². The number of carbonyl (C=O) groups excluding carboxylic acids is 5. The van der Waals surface area contributed by atoms with E-state index in [1.54, 1.807) is 24.3 Å². The van der Waals surface area contributed by atoms with Crippen LogP contribution in [0.25, 0.3) is 0 Å². The molecule has 0 heterocycles. The Morgan fingerprint density at radius 1 is 0.333 bits per heavy atom. The number of rotatable bonds is 19. The van der Waals surface area contributed by atoms with Crippen molar-refractivity contribution in [1.29, 1.82) is 0 Å². The summed E-state index contributed by atoms with van der Waals surface area (Å²) >= 11 is 0. The summed E-state index contributed by atoms with van der Waals surface area (Å²) in [6.45, 7) is -1.48. The van der Waals surface area contributed by atoms with Gasteiger partial charge in [-0.3, -0.25) is 0 Å². The van der Waals surface area contributed by atoms with Gasteiger partial charge in [-0.2, -0.15) is 0 Å². The van der Waals surface area contributed by atoms with Crippen molar-refractivity contribution in [3.8, 4) is 28.7 Å². The number of ether oxygens (including phenoxy) is 10. The van der Waals surface area contributed by atoms with Crippen LogP contribution in [0.4, 0.5) is 0 Å². The molecule has 15 nitrogen and oxygen atoms in total. The van der Waals surface area contributed by atoms with Crippen LogP contribution in [0.3, 0.4) is 0 Å². The van der Waals surface area contributed by atoms with Gasteiger partial charge in [0.1, 0.15) is 42.0 Å². The predicted molar refractivity (Wildman–Crippen MR) is 213 cm³/mol. The van der Waals surface area contributed by atoms with E-state index in [9.17, 15) is 24.0 Å². The van der Waals surface area contributed by atoms with Crippen LogP contribution < -0.4 is 23.7 Å². The van der Waals surface area contributed by atoms with Crippen LogP contribution >= 0.6 is 0 Å². The number of hydrogen-bond donors (Lipinski definition) is 0. The number of carbonyl (C=O) groups is 5. The topological polar surface area (TPSA) is 178 Å². The average Bonchev–Trinajstić information content (AvgIpc) is 3.30. The molecule has 2 unspecified atom stereocenters. The first-order chi connectivity index (χ1) is 29.0. The summed E-state index contributed by atoms with van der Waals surface area (Å²) in [4.78, 5) is 68.4. The molecule has 0 aromatic heterocycles. The van der Waals surface area contributed by atoms with Crippen LogP contribution in [0.15, 0.2) is 121 Å². The van der Waals surface area contributed by atoms with Crippen LogP contribution in [0, 0.1) is 0 Å². The first-order valence-corrected chi connectivity index (χ1v) is 18.2. The highest BCUT2D eigenvalue weighted by Gasteiger charge is 2.41. The van der Waals surface area contributed by atoms with Crippen molar-refractivity contribution >= 4 is 29.8 Å². The number of esters is 5. The molecular weight excluding hydrogens is 780 g/mol. The van der Waals surface area contributed by atoms with Crippen molar-refractivity contribution < 1.29 is 71.3 Å². The molecule has 2 atom stereocenters. The minimum atomic E-state index is -1.80. The molecule has 0 amide bonds. The monoisotopic (exact) mass is 822 g/mol. The summed E-state index contributed by atoms with van der Waals surface area (Å²) in [5, 5.41) is 0. The largest absolute Gasteiger partial charge is 0.497 e. The molecule has 0 bridgehead atoms. The van der Waals surface area contributed by atoms with E-state index in [4.69, 9.17) is 47.4 Å². The fraction of sp³-hybridized carbons (Fsp3) is 0.222. The molecule has 0 aliphatic rings. The zero-order chi connectivity index (χ0) is 43.0. The van der Waals surface area contributed by atoms with E-state index in [1.807, 2.05) is 0 Å². The highest BCUT2D eigenvalue weighted by molar-refractivity contribution is 5.92. The molecule has 0 saturated carbocycles. The van der Waals surface area contributed by atoms with Gasteiger partial charge in [-0.1, -0.05) is 0 Å². The van der Waals surface area contributed by atoms with Gasteiger partial charge in [-0.15, -0.1) is 0 Å². The fourth-order valence-corrected chi connectivity index (χ4v) is 5.50. The Morgan fingerprint density at radius 2 is 0.550 bits per heavy atom. The van der Waals surface area contributed by atoms with Crippen LogP contribution in [0.5, 0.6) is 28.7 Å².